The van der Waals surface area contributed by atoms with Gasteiger partial charge in [-0.05, 0) is 42.8 Å². The predicted octanol–water partition coefficient (Wildman–Crippen LogP) is 6.27. The zero-order chi connectivity index (χ0) is 26.3. The largest absolute Gasteiger partial charge is 0.416 e. The van der Waals surface area contributed by atoms with Crippen LogP contribution in [0.2, 0.25) is 5.02 Å². The van der Waals surface area contributed by atoms with Crippen molar-refractivity contribution in [1.29, 1.82) is 0 Å². The van der Waals surface area contributed by atoms with E-state index in [9.17, 15) is 31.1 Å². The van der Waals surface area contributed by atoms with Gasteiger partial charge in [0.05, 0.1) is 34.6 Å². The first-order chi connectivity index (χ1) is 16.8. The van der Waals surface area contributed by atoms with Gasteiger partial charge in [-0.1, -0.05) is 22.9 Å². The molecule has 2 heterocycles. The standard InChI is InChI=1S/C23H20ClF6N3O2S/c1-13-17(24)2-3-18-19(13)31-21(36-18)33(5-4-32-6-8-35-9-7-32)20(34)14-10-15(22(25,26)27)12-16(11-14)23(28,29)30/h2-3,10-12H,4-9H2,1H3. The minimum Gasteiger partial charge on any atom is -0.379 e. The lowest BCUT2D eigenvalue weighted by molar-refractivity contribution is -0.143. The lowest BCUT2D eigenvalue weighted by Crippen LogP contribution is -2.43. The second-order valence-electron chi connectivity index (χ2n) is 8.22. The Morgan fingerprint density at radius 1 is 1.08 bits per heavy atom. The molecule has 2 aromatic carbocycles. The van der Waals surface area contributed by atoms with Crippen molar-refractivity contribution in [3.8, 4) is 0 Å². The molecule has 0 bridgehead atoms. The van der Waals surface area contributed by atoms with Crippen molar-refractivity contribution < 1.29 is 35.9 Å². The fourth-order valence-electron chi connectivity index (χ4n) is 3.79. The van der Waals surface area contributed by atoms with Crippen LogP contribution in [0.15, 0.2) is 30.3 Å². The van der Waals surface area contributed by atoms with E-state index in [0.717, 1.165) is 16.2 Å². The summed E-state index contributed by atoms with van der Waals surface area (Å²) in [6.45, 7) is 4.19. The Hall–Kier alpha value is -2.41. The number of aryl methyl sites for hydroxylation is 1. The number of fused-ring (bicyclic) bond motifs is 1. The Bertz CT molecular complexity index is 1240. The molecule has 4 rings (SSSR count). The van der Waals surface area contributed by atoms with Gasteiger partial charge in [0.15, 0.2) is 5.13 Å². The van der Waals surface area contributed by atoms with E-state index < -0.39 is 35.0 Å². The molecule has 0 N–H and O–H groups in total. The third kappa shape index (κ3) is 5.77. The summed E-state index contributed by atoms with van der Waals surface area (Å²) in [7, 11) is 0. The number of rotatable bonds is 5. The maximum absolute atomic E-state index is 13.5. The number of aromatic nitrogens is 1. The predicted molar refractivity (Wildman–Crippen MR) is 125 cm³/mol. The third-order valence-electron chi connectivity index (χ3n) is 5.79. The zero-order valence-corrected chi connectivity index (χ0v) is 20.4. The second-order valence-corrected chi connectivity index (χ2v) is 9.64. The molecular weight excluding hydrogens is 532 g/mol. The summed E-state index contributed by atoms with van der Waals surface area (Å²) in [5.74, 6) is -1.01. The molecular formula is C23H20ClF6N3O2S. The summed E-state index contributed by atoms with van der Waals surface area (Å²) >= 11 is 7.28. The van der Waals surface area contributed by atoms with E-state index in [-0.39, 0.29) is 17.7 Å². The Morgan fingerprint density at radius 3 is 2.28 bits per heavy atom. The lowest BCUT2D eigenvalue weighted by Gasteiger charge is -2.29. The quantitative estimate of drug-likeness (QED) is 0.350. The minimum atomic E-state index is -5.07. The molecule has 0 spiro atoms. The number of morpholine rings is 1. The van der Waals surface area contributed by atoms with Crippen LogP contribution in [0.3, 0.4) is 0 Å². The number of hydrogen-bond donors (Lipinski definition) is 0. The van der Waals surface area contributed by atoms with Crippen LogP contribution in [0.4, 0.5) is 31.5 Å². The molecule has 1 fully saturated rings. The lowest BCUT2D eigenvalue weighted by atomic mass is 10.0. The number of carbonyl (C=O) groups excluding carboxylic acids is 1. The molecule has 194 valence electrons. The van der Waals surface area contributed by atoms with Crippen LogP contribution in [0, 0.1) is 6.92 Å². The van der Waals surface area contributed by atoms with Gasteiger partial charge in [-0.25, -0.2) is 4.98 Å². The molecule has 1 aromatic heterocycles. The fourth-order valence-corrected chi connectivity index (χ4v) is 4.99. The Balaban J connectivity index is 1.77. The monoisotopic (exact) mass is 551 g/mol. The second kappa shape index (κ2) is 10.2. The SMILES string of the molecule is Cc1c(Cl)ccc2sc(N(CCN3CCOCC3)C(=O)c3cc(C(F)(F)F)cc(C(F)(F)F)c3)nc12. The van der Waals surface area contributed by atoms with Crippen LogP contribution >= 0.6 is 22.9 Å². The smallest absolute Gasteiger partial charge is 0.379 e. The highest BCUT2D eigenvalue weighted by molar-refractivity contribution is 7.22. The first kappa shape index (κ1) is 26.6. The van der Waals surface area contributed by atoms with E-state index in [4.69, 9.17) is 16.3 Å². The highest BCUT2D eigenvalue weighted by Gasteiger charge is 2.38. The zero-order valence-electron chi connectivity index (χ0n) is 18.8. The van der Waals surface area contributed by atoms with Gasteiger partial charge in [-0.3, -0.25) is 14.6 Å². The number of amides is 1. The molecule has 5 nitrogen and oxygen atoms in total. The molecule has 13 heteroatoms. The van der Waals surface area contributed by atoms with Gasteiger partial charge in [0.1, 0.15) is 0 Å². The molecule has 1 aliphatic rings. The normalized spacial score (nSPS) is 15.4. The van der Waals surface area contributed by atoms with Crippen molar-refractivity contribution in [1.82, 2.24) is 9.88 Å². The molecule has 0 aliphatic carbocycles. The molecule has 36 heavy (non-hydrogen) atoms. The highest BCUT2D eigenvalue weighted by atomic mass is 35.5. The van der Waals surface area contributed by atoms with Crippen molar-refractivity contribution in [2.45, 2.75) is 19.3 Å². The van der Waals surface area contributed by atoms with E-state index in [1.807, 2.05) is 4.90 Å². The van der Waals surface area contributed by atoms with Crippen LogP contribution < -0.4 is 4.90 Å². The van der Waals surface area contributed by atoms with E-state index in [1.165, 1.54) is 0 Å². The Kier molecular flexibility index (Phi) is 7.52. The first-order valence-corrected chi connectivity index (χ1v) is 12.0. The Morgan fingerprint density at radius 2 is 1.69 bits per heavy atom. The number of ether oxygens (including phenoxy) is 1. The maximum atomic E-state index is 13.5. The van der Waals surface area contributed by atoms with E-state index in [2.05, 4.69) is 4.98 Å². The van der Waals surface area contributed by atoms with Gasteiger partial charge in [0.25, 0.3) is 5.91 Å². The number of hydrogen-bond acceptors (Lipinski definition) is 5. The van der Waals surface area contributed by atoms with Crippen molar-refractivity contribution in [3.63, 3.8) is 0 Å². The number of carbonyl (C=O) groups is 1. The van der Waals surface area contributed by atoms with Crippen LogP contribution in [0.5, 0.6) is 0 Å². The summed E-state index contributed by atoms with van der Waals surface area (Å²) in [5.41, 5.74) is -2.68. The molecule has 0 unspecified atom stereocenters. The van der Waals surface area contributed by atoms with Crippen molar-refractivity contribution >= 4 is 44.2 Å². The summed E-state index contributed by atoms with van der Waals surface area (Å²) in [6.07, 6.45) is -10.1. The van der Waals surface area contributed by atoms with E-state index >= 15 is 0 Å². The number of alkyl halides is 6. The number of nitrogens with zero attached hydrogens (tertiary/aromatic N) is 3. The van der Waals surface area contributed by atoms with Gasteiger partial charge in [0.2, 0.25) is 0 Å². The Labute approximate surface area is 211 Å². The molecule has 0 saturated carbocycles. The summed E-state index contributed by atoms with van der Waals surface area (Å²) in [4.78, 5) is 21.1. The van der Waals surface area contributed by atoms with E-state index in [0.29, 0.717) is 65.8 Å². The van der Waals surface area contributed by atoms with Gasteiger partial charge < -0.3 is 4.74 Å². The minimum absolute atomic E-state index is 0.00208. The molecule has 1 amide bonds. The molecule has 0 radical (unpaired) electrons. The maximum Gasteiger partial charge on any atom is 0.416 e. The number of benzene rings is 2. The van der Waals surface area contributed by atoms with Gasteiger partial charge in [-0.15, -0.1) is 0 Å². The fraction of sp³-hybridized carbons (Fsp3) is 0.391. The average molecular weight is 552 g/mol. The molecule has 1 aliphatic heterocycles. The van der Waals surface area contributed by atoms with Crippen LogP contribution in [0.25, 0.3) is 10.2 Å². The van der Waals surface area contributed by atoms with Crippen molar-refractivity contribution in [3.05, 3.63) is 57.6 Å². The summed E-state index contributed by atoms with van der Waals surface area (Å²) < 4.78 is 86.4. The molecule has 1 saturated heterocycles. The summed E-state index contributed by atoms with van der Waals surface area (Å²) in [6, 6.07) is 4.23. The van der Waals surface area contributed by atoms with Crippen molar-refractivity contribution in [2.24, 2.45) is 0 Å². The summed E-state index contributed by atoms with van der Waals surface area (Å²) in [5, 5.41) is 0.595. The van der Waals surface area contributed by atoms with Crippen molar-refractivity contribution in [2.75, 3.05) is 44.3 Å². The van der Waals surface area contributed by atoms with Crippen LogP contribution in [-0.4, -0.2) is 55.2 Å². The first-order valence-electron chi connectivity index (χ1n) is 10.8. The molecule has 3 aromatic rings. The van der Waals surface area contributed by atoms with Gasteiger partial charge in [-0.2, -0.15) is 26.3 Å². The van der Waals surface area contributed by atoms with Crippen LogP contribution in [0.1, 0.15) is 27.0 Å². The van der Waals surface area contributed by atoms with E-state index in [1.54, 1.807) is 19.1 Å². The molecule has 0 atom stereocenters. The van der Waals surface area contributed by atoms with Crippen LogP contribution in [-0.2, 0) is 17.1 Å². The number of anilines is 1. The highest BCUT2D eigenvalue weighted by Crippen LogP contribution is 2.38. The van der Waals surface area contributed by atoms with Gasteiger partial charge >= 0.3 is 12.4 Å². The number of halogens is 7. The topological polar surface area (TPSA) is 45.7 Å². The van der Waals surface area contributed by atoms with Gasteiger partial charge in [0, 0.05) is 36.8 Å². The number of thiazole rings is 1. The third-order valence-corrected chi connectivity index (χ3v) is 7.24. The average Bonchev–Trinajstić information content (AvgIpc) is 3.25.